The van der Waals surface area contributed by atoms with Crippen LogP contribution in [0.25, 0.3) is 0 Å². The summed E-state index contributed by atoms with van der Waals surface area (Å²) in [5, 5.41) is 11.6. The van der Waals surface area contributed by atoms with Crippen molar-refractivity contribution < 1.29 is 13.2 Å². The van der Waals surface area contributed by atoms with Crippen LogP contribution in [0.15, 0.2) is 53.4 Å². The predicted molar refractivity (Wildman–Crippen MR) is 88.9 cm³/mol. The molecule has 2 aromatic carbocycles. The zero-order valence-corrected chi connectivity index (χ0v) is 13.5. The van der Waals surface area contributed by atoms with Crippen molar-refractivity contribution in [2.24, 2.45) is 0 Å². The molecule has 1 aliphatic carbocycles. The second kappa shape index (κ2) is 6.34. The highest BCUT2D eigenvalue weighted by molar-refractivity contribution is 7.92. The number of para-hydroxylation sites is 1. The highest BCUT2D eigenvalue weighted by Gasteiger charge is 2.25. The molecule has 0 radical (unpaired) electrons. The van der Waals surface area contributed by atoms with Crippen molar-refractivity contribution in [3.63, 3.8) is 0 Å². The van der Waals surface area contributed by atoms with E-state index in [1.165, 1.54) is 24.3 Å². The first-order valence-corrected chi connectivity index (χ1v) is 8.91. The summed E-state index contributed by atoms with van der Waals surface area (Å²) in [7, 11) is -3.85. The molecule has 6 nitrogen and oxygen atoms in total. The Morgan fingerprint density at radius 2 is 1.75 bits per heavy atom. The second-order valence-corrected chi connectivity index (χ2v) is 7.22. The summed E-state index contributed by atoms with van der Waals surface area (Å²) in [4.78, 5) is 12.3. The van der Waals surface area contributed by atoms with Gasteiger partial charge in [-0.25, -0.2) is 8.42 Å². The monoisotopic (exact) mass is 341 g/mol. The highest BCUT2D eigenvalue weighted by atomic mass is 32.2. The van der Waals surface area contributed by atoms with Crippen LogP contribution in [0.1, 0.15) is 28.8 Å². The van der Waals surface area contributed by atoms with Gasteiger partial charge in [-0.15, -0.1) is 0 Å². The van der Waals surface area contributed by atoms with Gasteiger partial charge in [-0.3, -0.25) is 9.52 Å². The Hall–Kier alpha value is -2.85. The maximum atomic E-state index is 12.5. The fraction of sp³-hybridized carbons (Fsp3) is 0.176. The molecule has 0 atom stereocenters. The van der Waals surface area contributed by atoms with Crippen LogP contribution < -0.4 is 10.0 Å². The van der Waals surface area contributed by atoms with Crippen LogP contribution in [0.4, 0.5) is 5.69 Å². The van der Waals surface area contributed by atoms with Gasteiger partial charge in [0.15, 0.2) is 0 Å². The zero-order valence-electron chi connectivity index (χ0n) is 12.7. The fourth-order valence-electron chi connectivity index (χ4n) is 2.17. The SMILES string of the molecule is N#Cc1ccc(S(=O)(=O)Nc2ccccc2C(=O)NC2CC2)cc1. The first kappa shape index (κ1) is 16.0. The minimum Gasteiger partial charge on any atom is -0.349 e. The number of nitrogens with zero attached hydrogens (tertiary/aromatic N) is 1. The molecule has 1 saturated carbocycles. The van der Waals surface area contributed by atoms with Gasteiger partial charge < -0.3 is 5.32 Å². The lowest BCUT2D eigenvalue weighted by Gasteiger charge is -2.12. The van der Waals surface area contributed by atoms with Crippen molar-refractivity contribution in [1.29, 1.82) is 5.26 Å². The van der Waals surface area contributed by atoms with E-state index in [0.717, 1.165) is 12.8 Å². The van der Waals surface area contributed by atoms with Gasteiger partial charge in [-0.1, -0.05) is 12.1 Å². The number of anilines is 1. The summed E-state index contributed by atoms with van der Waals surface area (Å²) in [6, 6.07) is 14.1. The van der Waals surface area contributed by atoms with Gasteiger partial charge in [-0.05, 0) is 49.2 Å². The van der Waals surface area contributed by atoms with Crippen molar-refractivity contribution in [2.75, 3.05) is 4.72 Å². The molecule has 0 saturated heterocycles. The molecule has 1 amide bonds. The Kier molecular flexibility index (Phi) is 4.23. The Balaban J connectivity index is 1.86. The standard InChI is InChI=1S/C17H15N3O3S/c18-11-12-5-9-14(10-6-12)24(22,23)20-16-4-2-1-3-15(16)17(21)19-13-7-8-13/h1-6,9-10,13,20H,7-8H2,(H,19,21). The molecule has 0 aliphatic heterocycles. The van der Waals surface area contributed by atoms with Gasteiger partial charge >= 0.3 is 0 Å². The number of sulfonamides is 1. The van der Waals surface area contributed by atoms with E-state index in [9.17, 15) is 13.2 Å². The van der Waals surface area contributed by atoms with Crippen molar-refractivity contribution >= 4 is 21.6 Å². The minimum absolute atomic E-state index is 0.0268. The number of hydrogen-bond donors (Lipinski definition) is 2. The van der Waals surface area contributed by atoms with Gasteiger partial charge in [0.2, 0.25) is 0 Å². The summed E-state index contributed by atoms with van der Waals surface area (Å²) in [6.45, 7) is 0. The third-order valence-corrected chi connectivity index (χ3v) is 5.00. The Bertz CT molecular complexity index is 911. The molecule has 1 aliphatic rings. The predicted octanol–water partition coefficient (Wildman–Crippen LogP) is 2.25. The third kappa shape index (κ3) is 3.55. The first-order chi connectivity index (χ1) is 11.5. The second-order valence-electron chi connectivity index (χ2n) is 5.53. The molecular formula is C17H15N3O3S. The number of carbonyl (C=O) groups is 1. The Morgan fingerprint density at radius 3 is 2.38 bits per heavy atom. The number of rotatable bonds is 5. The van der Waals surface area contributed by atoms with Crippen molar-refractivity contribution in [3.8, 4) is 6.07 Å². The van der Waals surface area contributed by atoms with Gasteiger partial charge in [-0.2, -0.15) is 5.26 Å². The average Bonchev–Trinajstić information content (AvgIpc) is 3.39. The summed E-state index contributed by atoms with van der Waals surface area (Å²) >= 11 is 0. The van der Waals surface area contributed by atoms with Gasteiger partial charge in [0, 0.05) is 6.04 Å². The van der Waals surface area contributed by atoms with E-state index < -0.39 is 10.0 Å². The molecule has 2 N–H and O–H groups in total. The fourth-order valence-corrected chi connectivity index (χ4v) is 3.25. The largest absolute Gasteiger partial charge is 0.349 e. The molecule has 7 heteroatoms. The maximum absolute atomic E-state index is 12.5. The number of amides is 1. The molecule has 24 heavy (non-hydrogen) atoms. The first-order valence-electron chi connectivity index (χ1n) is 7.42. The van der Waals surface area contributed by atoms with Gasteiger partial charge in [0.25, 0.3) is 15.9 Å². The van der Waals surface area contributed by atoms with E-state index >= 15 is 0 Å². The zero-order chi connectivity index (χ0) is 17.2. The van der Waals surface area contributed by atoms with Crippen molar-refractivity contribution in [2.45, 2.75) is 23.8 Å². The molecule has 2 aromatic rings. The quantitative estimate of drug-likeness (QED) is 0.871. The van der Waals surface area contributed by atoms with E-state index in [0.29, 0.717) is 5.56 Å². The number of benzene rings is 2. The van der Waals surface area contributed by atoms with Crippen LogP contribution in [0.2, 0.25) is 0 Å². The van der Waals surface area contributed by atoms with Crippen LogP contribution in [-0.2, 0) is 10.0 Å². The molecule has 0 aromatic heterocycles. The highest BCUT2D eigenvalue weighted by Crippen LogP contribution is 2.23. The smallest absolute Gasteiger partial charge is 0.261 e. The number of hydrogen-bond acceptors (Lipinski definition) is 4. The van der Waals surface area contributed by atoms with E-state index in [-0.39, 0.29) is 28.1 Å². The van der Waals surface area contributed by atoms with E-state index in [4.69, 9.17) is 5.26 Å². The lowest BCUT2D eigenvalue weighted by molar-refractivity contribution is 0.0952. The number of nitrogens with one attached hydrogen (secondary N) is 2. The molecular weight excluding hydrogens is 326 g/mol. The normalized spacial score (nSPS) is 13.8. The minimum atomic E-state index is -3.85. The Morgan fingerprint density at radius 1 is 1.08 bits per heavy atom. The molecule has 0 unspecified atom stereocenters. The van der Waals surface area contributed by atoms with Crippen LogP contribution >= 0.6 is 0 Å². The van der Waals surface area contributed by atoms with Crippen molar-refractivity contribution in [3.05, 3.63) is 59.7 Å². The average molecular weight is 341 g/mol. The molecule has 0 bridgehead atoms. The molecule has 3 rings (SSSR count). The van der Waals surface area contributed by atoms with Crippen LogP contribution in [0.3, 0.4) is 0 Å². The van der Waals surface area contributed by atoms with E-state index in [2.05, 4.69) is 10.0 Å². The topological polar surface area (TPSA) is 99.1 Å². The lowest BCUT2D eigenvalue weighted by atomic mass is 10.1. The summed E-state index contributed by atoms with van der Waals surface area (Å²) < 4.78 is 27.4. The summed E-state index contributed by atoms with van der Waals surface area (Å²) in [6.07, 6.45) is 1.90. The van der Waals surface area contributed by atoms with Crippen LogP contribution in [0, 0.1) is 11.3 Å². The Labute approximate surface area is 140 Å². The van der Waals surface area contributed by atoms with E-state index in [1.54, 1.807) is 24.3 Å². The number of carbonyl (C=O) groups excluding carboxylic acids is 1. The molecule has 0 spiro atoms. The van der Waals surface area contributed by atoms with Crippen LogP contribution in [-0.4, -0.2) is 20.4 Å². The van der Waals surface area contributed by atoms with Crippen molar-refractivity contribution in [1.82, 2.24) is 5.32 Å². The van der Waals surface area contributed by atoms with E-state index in [1.807, 2.05) is 6.07 Å². The molecule has 1 fully saturated rings. The maximum Gasteiger partial charge on any atom is 0.261 e. The summed E-state index contributed by atoms with van der Waals surface area (Å²) in [5.41, 5.74) is 0.875. The molecule has 122 valence electrons. The van der Waals surface area contributed by atoms with Crippen LogP contribution in [0.5, 0.6) is 0 Å². The lowest BCUT2D eigenvalue weighted by Crippen LogP contribution is -2.27. The third-order valence-electron chi connectivity index (χ3n) is 3.62. The van der Waals surface area contributed by atoms with Gasteiger partial charge in [0.05, 0.1) is 27.8 Å². The number of nitriles is 1. The molecule has 0 heterocycles. The summed E-state index contributed by atoms with van der Waals surface area (Å²) in [5.74, 6) is -0.296. The van der Waals surface area contributed by atoms with Gasteiger partial charge in [0.1, 0.15) is 0 Å².